The quantitative estimate of drug-likeness (QED) is 0.788. The average Bonchev–Trinajstić information content (AvgIpc) is 2.97. The van der Waals surface area contributed by atoms with Crippen LogP contribution in [0.5, 0.6) is 0 Å². The number of hydrogen-bond acceptors (Lipinski definition) is 2. The number of hydrogen-bond donors (Lipinski definition) is 1. The summed E-state index contributed by atoms with van der Waals surface area (Å²) in [6, 6.07) is 0. The molecule has 2 rings (SSSR count). The Morgan fingerprint density at radius 2 is 2.17 bits per heavy atom. The van der Waals surface area contributed by atoms with Crippen LogP contribution in [-0.2, 0) is 4.79 Å². The monoisotopic (exact) mass is 252 g/mol. The van der Waals surface area contributed by atoms with Gasteiger partial charge in [0, 0.05) is 19.5 Å². The number of nitrogens with zero attached hydrogens (tertiary/aromatic N) is 1. The van der Waals surface area contributed by atoms with Crippen LogP contribution in [0.4, 0.5) is 0 Å². The zero-order valence-corrected chi connectivity index (χ0v) is 11.9. The highest BCUT2D eigenvalue weighted by atomic mass is 16.2. The molecule has 0 aromatic rings. The predicted octanol–water partition coefficient (Wildman–Crippen LogP) is 2.26. The van der Waals surface area contributed by atoms with Gasteiger partial charge in [-0.3, -0.25) is 4.79 Å². The molecule has 0 radical (unpaired) electrons. The van der Waals surface area contributed by atoms with Crippen LogP contribution in [0.3, 0.4) is 0 Å². The van der Waals surface area contributed by atoms with Gasteiger partial charge in [-0.15, -0.1) is 0 Å². The van der Waals surface area contributed by atoms with Crippen molar-refractivity contribution in [2.75, 3.05) is 20.1 Å². The molecule has 0 aromatic heterocycles. The van der Waals surface area contributed by atoms with Crippen LogP contribution in [0, 0.1) is 23.7 Å². The molecule has 18 heavy (non-hydrogen) atoms. The van der Waals surface area contributed by atoms with Gasteiger partial charge in [-0.25, -0.2) is 0 Å². The molecule has 0 spiro atoms. The van der Waals surface area contributed by atoms with E-state index in [0.29, 0.717) is 12.5 Å². The third-order valence-corrected chi connectivity index (χ3v) is 5.03. The average molecular weight is 252 g/mol. The number of carbonyl (C=O) groups excluding carboxylic acids is 1. The summed E-state index contributed by atoms with van der Waals surface area (Å²) in [7, 11) is 1.98. The topological polar surface area (TPSA) is 46.3 Å². The lowest BCUT2D eigenvalue weighted by Crippen LogP contribution is -2.37. The predicted molar refractivity (Wildman–Crippen MR) is 74.0 cm³/mol. The number of fused-ring (bicyclic) bond motifs is 2. The molecule has 0 saturated heterocycles. The molecule has 2 saturated carbocycles. The first kappa shape index (κ1) is 13.9. The Labute approximate surface area is 111 Å². The normalized spacial score (nSPS) is 31.6. The summed E-state index contributed by atoms with van der Waals surface area (Å²) in [6.45, 7) is 3.70. The molecule has 2 N–H and O–H groups in total. The van der Waals surface area contributed by atoms with Gasteiger partial charge < -0.3 is 10.6 Å². The van der Waals surface area contributed by atoms with Crippen LogP contribution in [-0.4, -0.2) is 30.9 Å². The Morgan fingerprint density at radius 3 is 2.72 bits per heavy atom. The Balaban J connectivity index is 1.77. The summed E-state index contributed by atoms with van der Waals surface area (Å²) in [4.78, 5) is 14.2. The summed E-state index contributed by atoms with van der Waals surface area (Å²) in [5.41, 5.74) is 5.50. The van der Waals surface area contributed by atoms with Gasteiger partial charge >= 0.3 is 0 Å². The van der Waals surface area contributed by atoms with Gasteiger partial charge in [0.2, 0.25) is 5.91 Å². The van der Waals surface area contributed by atoms with E-state index >= 15 is 0 Å². The molecule has 4 unspecified atom stereocenters. The van der Waals surface area contributed by atoms with E-state index in [4.69, 9.17) is 5.73 Å². The van der Waals surface area contributed by atoms with Gasteiger partial charge in [0.25, 0.3) is 0 Å². The Morgan fingerprint density at radius 1 is 1.39 bits per heavy atom. The van der Waals surface area contributed by atoms with Crippen molar-refractivity contribution >= 4 is 5.91 Å². The largest absolute Gasteiger partial charge is 0.345 e. The fourth-order valence-corrected chi connectivity index (χ4v) is 3.97. The minimum absolute atomic E-state index is 0.136. The highest BCUT2D eigenvalue weighted by Gasteiger charge is 2.40. The van der Waals surface area contributed by atoms with E-state index in [9.17, 15) is 4.79 Å². The minimum atomic E-state index is 0.136. The first-order valence-corrected chi connectivity index (χ1v) is 7.56. The minimum Gasteiger partial charge on any atom is -0.345 e. The van der Waals surface area contributed by atoms with E-state index in [1.165, 1.54) is 25.7 Å². The number of rotatable bonds is 6. The van der Waals surface area contributed by atoms with Crippen LogP contribution in [0.25, 0.3) is 0 Å². The number of carbonyl (C=O) groups is 1. The van der Waals surface area contributed by atoms with E-state index in [2.05, 4.69) is 0 Å². The third kappa shape index (κ3) is 3.05. The van der Waals surface area contributed by atoms with Crippen molar-refractivity contribution in [3.8, 4) is 0 Å². The standard InChI is InChI=1S/C15H28N2O/c1-11(4-3-7-16)15(18)17(2)10-14-9-12-5-6-13(14)8-12/h11-14H,3-10,16H2,1-2H3. The van der Waals surface area contributed by atoms with Crippen molar-refractivity contribution in [1.82, 2.24) is 4.90 Å². The highest BCUT2D eigenvalue weighted by molar-refractivity contribution is 5.78. The van der Waals surface area contributed by atoms with Gasteiger partial charge in [0.05, 0.1) is 0 Å². The van der Waals surface area contributed by atoms with Crippen LogP contribution >= 0.6 is 0 Å². The van der Waals surface area contributed by atoms with Crippen molar-refractivity contribution in [1.29, 1.82) is 0 Å². The molecule has 0 aromatic carbocycles. The van der Waals surface area contributed by atoms with E-state index in [-0.39, 0.29) is 5.92 Å². The fourth-order valence-electron chi connectivity index (χ4n) is 3.97. The van der Waals surface area contributed by atoms with Crippen molar-refractivity contribution in [3.05, 3.63) is 0 Å². The molecule has 3 heteroatoms. The summed E-state index contributed by atoms with van der Waals surface area (Å²) < 4.78 is 0. The molecule has 3 nitrogen and oxygen atoms in total. The summed E-state index contributed by atoms with van der Waals surface area (Å²) >= 11 is 0. The summed E-state index contributed by atoms with van der Waals surface area (Å²) in [5, 5.41) is 0. The zero-order chi connectivity index (χ0) is 13.1. The van der Waals surface area contributed by atoms with E-state index < -0.39 is 0 Å². The second-order valence-corrected chi connectivity index (χ2v) is 6.49. The highest BCUT2D eigenvalue weighted by Crippen LogP contribution is 2.48. The fraction of sp³-hybridized carbons (Fsp3) is 0.933. The number of nitrogens with two attached hydrogens (primary N) is 1. The van der Waals surface area contributed by atoms with Crippen LogP contribution in [0.15, 0.2) is 0 Å². The van der Waals surface area contributed by atoms with Gasteiger partial charge in [0.15, 0.2) is 0 Å². The maximum atomic E-state index is 12.2. The molecular weight excluding hydrogens is 224 g/mol. The Kier molecular flexibility index (Phi) is 4.66. The van der Waals surface area contributed by atoms with Gasteiger partial charge in [-0.1, -0.05) is 13.3 Å². The maximum absolute atomic E-state index is 12.2. The molecule has 0 aliphatic heterocycles. The van der Waals surface area contributed by atoms with Gasteiger partial charge in [-0.05, 0) is 56.4 Å². The summed E-state index contributed by atoms with van der Waals surface area (Å²) in [6.07, 6.45) is 7.51. The van der Waals surface area contributed by atoms with Crippen molar-refractivity contribution in [2.24, 2.45) is 29.4 Å². The lowest BCUT2D eigenvalue weighted by atomic mass is 9.88. The third-order valence-electron chi connectivity index (χ3n) is 5.03. The second kappa shape index (κ2) is 6.05. The number of amides is 1. The van der Waals surface area contributed by atoms with Crippen molar-refractivity contribution in [2.45, 2.75) is 45.4 Å². The van der Waals surface area contributed by atoms with E-state index in [1.807, 2.05) is 18.9 Å². The van der Waals surface area contributed by atoms with Gasteiger partial charge in [-0.2, -0.15) is 0 Å². The first-order chi connectivity index (χ1) is 8.61. The summed E-state index contributed by atoms with van der Waals surface area (Å²) in [5.74, 6) is 3.10. The lowest BCUT2D eigenvalue weighted by molar-refractivity contribution is -0.134. The zero-order valence-electron chi connectivity index (χ0n) is 11.9. The Bertz CT molecular complexity index is 292. The van der Waals surface area contributed by atoms with Crippen molar-refractivity contribution < 1.29 is 4.79 Å². The smallest absolute Gasteiger partial charge is 0.225 e. The second-order valence-electron chi connectivity index (χ2n) is 6.49. The Hall–Kier alpha value is -0.570. The molecule has 104 valence electrons. The van der Waals surface area contributed by atoms with Crippen LogP contribution in [0.2, 0.25) is 0 Å². The maximum Gasteiger partial charge on any atom is 0.225 e. The molecule has 2 aliphatic rings. The van der Waals surface area contributed by atoms with Crippen molar-refractivity contribution in [3.63, 3.8) is 0 Å². The lowest BCUT2D eigenvalue weighted by Gasteiger charge is -2.29. The first-order valence-electron chi connectivity index (χ1n) is 7.56. The van der Waals surface area contributed by atoms with Crippen LogP contribution < -0.4 is 5.73 Å². The van der Waals surface area contributed by atoms with E-state index in [0.717, 1.165) is 37.1 Å². The molecular formula is C15H28N2O. The SMILES string of the molecule is CC(CCCN)C(=O)N(C)CC1CC2CCC1C2. The molecule has 1 amide bonds. The molecule has 2 aliphatic carbocycles. The molecule has 2 fully saturated rings. The molecule has 4 atom stereocenters. The molecule has 0 heterocycles. The molecule has 2 bridgehead atoms. The van der Waals surface area contributed by atoms with E-state index in [1.54, 1.807) is 0 Å². The van der Waals surface area contributed by atoms with Gasteiger partial charge in [0.1, 0.15) is 0 Å². The van der Waals surface area contributed by atoms with Crippen LogP contribution in [0.1, 0.15) is 45.4 Å².